The summed E-state index contributed by atoms with van der Waals surface area (Å²) in [6, 6.07) is 0. The number of aliphatic hydroxyl groups is 1. The maximum Gasteiger partial charge on any atom is 0.365 e. The number of allylic oxidation sites excluding steroid dienone is 2. The average molecular weight is 171 g/mol. The molecule has 1 aliphatic heterocycles. The average Bonchev–Trinajstić information content (AvgIpc) is 2.05. The van der Waals surface area contributed by atoms with Crippen molar-refractivity contribution in [3.8, 4) is 0 Å². The standard InChI is InChI=1S/C7H9NO4/c1-12-7(6(10)11)5(9)3-2-4-8-7/h2-4,8-9H,1H3,(H,10,11). The van der Waals surface area contributed by atoms with Crippen molar-refractivity contribution in [1.82, 2.24) is 5.32 Å². The van der Waals surface area contributed by atoms with Crippen LogP contribution in [0.2, 0.25) is 0 Å². The molecule has 0 amide bonds. The van der Waals surface area contributed by atoms with Crippen LogP contribution in [-0.2, 0) is 9.53 Å². The Bertz CT molecular complexity index is 258. The smallest absolute Gasteiger partial charge is 0.365 e. The first-order valence-electron chi connectivity index (χ1n) is 3.26. The van der Waals surface area contributed by atoms with Gasteiger partial charge in [-0.3, -0.25) is 0 Å². The molecule has 66 valence electrons. The zero-order chi connectivity index (χ0) is 9.19. The quantitative estimate of drug-likeness (QED) is 0.543. The van der Waals surface area contributed by atoms with E-state index in [0.717, 1.165) is 0 Å². The Balaban J connectivity index is 3.03. The molecule has 0 radical (unpaired) electrons. The molecule has 5 nitrogen and oxygen atoms in total. The van der Waals surface area contributed by atoms with E-state index >= 15 is 0 Å². The molecule has 0 aromatic heterocycles. The van der Waals surface area contributed by atoms with E-state index in [2.05, 4.69) is 10.1 Å². The molecule has 3 N–H and O–H groups in total. The predicted octanol–water partition coefficient (Wildman–Crippen LogP) is -0.0275. The molecule has 0 spiro atoms. The van der Waals surface area contributed by atoms with Gasteiger partial charge in [-0.15, -0.1) is 0 Å². The molecule has 0 aliphatic carbocycles. The topological polar surface area (TPSA) is 78.8 Å². The van der Waals surface area contributed by atoms with E-state index in [-0.39, 0.29) is 5.76 Å². The maximum atomic E-state index is 10.7. The lowest BCUT2D eigenvalue weighted by Crippen LogP contribution is -2.54. The molecule has 0 aromatic carbocycles. The second-order valence-electron chi connectivity index (χ2n) is 2.25. The van der Waals surface area contributed by atoms with Gasteiger partial charge in [0.2, 0.25) is 0 Å². The van der Waals surface area contributed by atoms with Crippen LogP contribution in [0.25, 0.3) is 0 Å². The number of hydrogen-bond donors (Lipinski definition) is 3. The van der Waals surface area contributed by atoms with Gasteiger partial charge >= 0.3 is 5.97 Å². The van der Waals surface area contributed by atoms with Crippen molar-refractivity contribution in [1.29, 1.82) is 0 Å². The van der Waals surface area contributed by atoms with Crippen molar-refractivity contribution in [2.45, 2.75) is 5.72 Å². The van der Waals surface area contributed by atoms with Crippen LogP contribution < -0.4 is 5.32 Å². The highest BCUT2D eigenvalue weighted by Crippen LogP contribution is 2.18. The van der Waals surface area contributed by atoms with Crippen LogP contribution in [0, 0.1) is 0 Å². The van der Waals surface area contributed by atoms with E-state index in [1.165, 1.54) is 25.5 Å². The summed E-state index contributed by atoms with van der Waals surface area (Å²) >= 11 is 0. The number of nitrogens with one attached hydrogen (secondary N) is 1. The summed E-state index contributed by atoms with van der Waals surface area (Å²) in [5.41, 5.74) is -1.82. The molecule has 0 aromatic rings. The van der Waals surface area contributed by atoms with E-state index in [9.17, 15) is 9.90 Å². The van der Waals surface area contributed by atoms with Crippen LogP contribution in [-0.4, -0.2) is 29.0 Å². The first-order valence-corrected chi connectivity index (χ1v) is 3.26. The third-order valence-electron chi connectivity index (χ3n) is 1.60. The van der Waals surface area contributed by atoms with Crippen LogP contribution in [0.15, 0.2) is 24.1 Å². The summed E-state index contributed by atoms with van der Waals surface area (Å²) in [6.07, 6.45) is 4.13. The molecule has 0 saturated heterocycles. The Morgan fingerprint density at radius 1 is 1.75 bits per heavy atom. The minimum Gasteiger partial charge on any atom is -0.507 e. The monoisotopic (exact) mass is 171 g/mol. The second-order valence-corrected chi connectivity index (χ2v) is 2.25. The number of aliphatic hydroxyl groups excluding tert-OH is 1. The number of aliphatic carboxylic acids is 1. The number of hydrogen-bond acceptors (Lipinski definition) is 4. The van der Waals surface area contributed by atoms with Crippen molar-refractivity contribution in [3.05, 3.63) is 24.1 Å². The Labute approximate surface area is 69.0 Å². The third-order valence-corrected chi connectivity index (χ3v) is 1.60. The van der Waals surface area contributed by atoms with Crippen LogP contribution in [0.3, 0.4) is 0 Å². The molecule has 1 atom stereocenters. The predicted molar refractivity (Wildman–Crippen MR) is 40.4 cm³/mol. The molecule has 1 heterocycles. The van der Waals surface area contributed by atoms with Crippen molar-refractivity contribution < 1.29 is 19.7 Å². The molecular weight excluding hydrogens is 162 g/mol. The van der Waals surface area contributed by atoms with Crippen molar-refractivity contribution in [3.63, 3.8) is 0 Å². The van der Waals surface area contributed by atoms with Crippen LogP contribution >= 0.6 is 0 Å². The van der Waals surface area contributed by atoms with Gasteiger partial charge in [0, 0.05) is 7.11 Å². The number of methoxy groups -OCH3 is 1. The van der Waals surface area contributed by atoms with Crippen molar-refractivity contribution >= 4 is 5.97 Å². The van der Waals surface area contributed by atoms with Gasteiger partial charge in [0.25, 0.3) is 5.72 Å². The Hall–Kier alpha value is -1.49. The second kappa shape index (κ2) is 2.86. The van der Waals surface area contributed by atoms with E-state index in [1.807, 2.05) is 0 Å². The molecule has 0 saturated carbocycles. The van der Waals surface area contributed by atoms with Gasteiger partial charge in [0.1, 0.15) is 0 Å². The number of ether oxygens (including phenoxy) is 1. The molecule has 12 heavy (non-hydrogen) atoms. The molecular formula is C7H9NO4. The lowest BCUT2D eigenvalue weighted by Gasteiger charge is -2.28. The minimum absolute atomic E-state index is 0.375. The first kappa shape index (κ1) is 8.61. The molecule has 0 fully saturated rings. The lowest BCUT2D eigenvalue weighted by molar-refractivity contribution is -0.163. The van der Waals surface area contributed by atoms with Crippen LogP contribution in [0.4, 0.5) is 0 Å². The Morgan fingerprint density at radius 3 is 2.75 bits per heavy atom. The minimum atomic E-state index is -1.82. The van der Waals surface area contributed by atoms with Crippen LogP contribution in [0.1, 0.15) is 0 Å². The van der Waals surface area contributed by atoms with Crippen LogP contribution in [0.5, 0.6) is 0 Å². The normalized spacial score (nSPS) is 27.6. The van der Waals surface area contributed by atoms with Gasteiger partial charge in [-0.1, -0.05) is 0 Å². The highest BCUT2D eigenvalue weighted by molar-refractivity contribution is 5.81. The molecule has 1 aliphatic rings. The van der Waals surface area contributed by atoms with E-state index in [1.54, 1.807) is 0 Å². The zero-order valence-electron chi connectivity index (χ0n) is 6.44. The van der Waals surface area contributed by atoms with Crippen molar-refractivity contribution in [2.75, 3.05) is 7.11 Å². The van der Waals surface area contributed by atoms with Gasteiger partial charge in [-0.05, 0) is 18.4 Å². The van der Waals surface area contributed by atoms with E-state index < -0.39 is 11.7 Å². The Morgan fingerprint density at radius 2 is 2.42 bits per heavy atom. The molecule has 1 unspecified atom stereocenters. The van der Waals surface area contributed by atoms with E-state index in [4.69, 9.17) is 5.11 Å². The summed E-state index contributed by atoms with van der Waals surface area (Å²) in [5, 5.41) is 20.4. The number of dihydropyridines is 1. The van der Waals surface area contributed by atoms with E-state index in [0.29, 0.717) is 0 Å². The van der Waals surface area contributed by atoms with Crippen molar-refractivity contribution in [2.24, 2.45) is 0 Å². The highest BCUT2D eigenvalue weighted by Gasteiger charge is 2.43. The molecule has 0 bridgehead atoms. The van der Waals surface area contributed by atoms with Gasteiger partial charge in [-0.25, -0.2) is 4.79 Å². The number of rotatable bonds is 2. The fourth-order valence-corrected chi connectivity index (χ4v) is 0.918. The number of carboxylic acids is 1. The largest absolute Gasteiger partial charge is 0.507 e. The number of carboxylic acid groups (broad SMARTS) is 1. The Kier molecular flexibility index (Phi) is 2.05. The lowest BCUT2D eigenvalue weighted by atomic mass is 10.1. The first-order chi connectivity index (χ1) is 5.63. The summed E-state index contributed by atoms with van der Waals surface area (Å²) in [7, 11) is 1.20. The summed E-state index contributed by atoms with van der Waals surface area (Å²) < 4.78 is 4.67. The molecule has 5 heteroatoms. The number of carbonyl (C=O) groups is 1. The summed E-state index contributed by atoms with van der Waals surface area (Å²) in [4.78, 5) is 10.7. The van der Waals surface area contributed by atoms with Gasteiger partial charge < -0.3 is 20.3 Å². The molecule has 1 rings (SSSR count). The zero-order valence-corrected chi connectivity index (χ0v) is 6.44. The maximum absolute atomic E-state index is 10.7. The van der Waals surface area contributed by atoms with Gasteiger partial charge in [0.05, 0.1) is 0 Å². The fourth-order valence-electron chi connectivity index (χ4n) is 0.918. The summed E-state index contributed by atoms with van der Waals surface area (Å²) in [5.74, 6) is -1.66. The third kappa shape index (κ3) is 1.04. The highest BCUT2D eigenvalue weighted by atomic mass is 16.5. The van der Waals surface area contributed by atoms with Gasteiger partial charge in [0.15, 0.2) is 5.76 Å². The summed E-state index contributed by atoms with van der Waals surface area (Å²) in [6.45, 7) is 0. The SMILES string of the molecule is COC1(C(=O)O)NC=CC=C1O. The fraction of sp³-hybridized carbons (Fsp3) is 0.286. The van der Waals surface area contributed by atoms with Gasteiger partial charge in [-0.2, -0.15) is 0 Å².